The molecule has 0 unspecified atom stereocenters. The summed E-state index contributed by atoms with van der Waals surface area (Å²) in [4.78, 5) is 23.3. The molecule has 0 saturated heterocycles. The molecule has 1 N–H and O–H groups in total. The molecule has 2 aromatic carbocycles. The Labute approximate surface area is 163 Å². The van der Waals surface area contributed by atoms with Gasteiger partial charge in [-0.3, -0.25) is 0 Å². The number of carbonyl (C=O) groups is 2. The van der Waals surface area contributed by atoms with E-state index in [0.717, 1.165) is 20.1 Å². The lowest BCUT2D eigenvalue weighted by Gasteiger charge is -2.09. The molecular formula is C18H17Br2NO4. The van der Waals surface area contributed by atoms with Gasteiger partial charge < -0.3 is 14.8 Å². The monoisotopic (exact) mass is 469 g/mol. The molecule has 0 aliphatic heterocycles. The molecule has 0 heterocycles. The van der Waals surface area contributed by atoms with Crippen LogP contribution in [0.4, 0.5) is 0 Å². The average molecular weight is 471 g/mol. The fourth-order valence-electron chi connectivity index (χ4n) is 2.33. The van der Waals surface area contributed by atoms with Crippen molar-refractivity contribution in [3.8, 4) is 0 Å². The maximum absolute atomic E-state index is 11.7. The van der Waals surface area contributed by atoms with Crippen LogP contribution in [0.15, 0.2) is 45.3 Å². The van der Waals surface area contributed by atoms with Crippen molar-refractivity contribution in [3.05, 3.63) is 67.6 Å². The largest absolute Gasteiger partial charge is 0.465 e. The van der Waals surface area contributed by atoms with Gasteiger partial charge in [-0.2, -0.15) is 0 Å². The molecule has 0 fully saturated rings. The third-order valence-corrected chi connectivity index (χ3v) is 4.33. The summed E-state index contributed by atoms with van der Waals surface area (Å²) in [5, 5.41) is 3.29. The number of benzene rings is 2. The average Bonchev–Trinajstić information content (AvgIpc) is 2.59. The van der Waals surface area contributed by atoms with E-state index < -0.39 is 0 Å². The van der Waals surface area contributed by atoms with E-state index in [1.807, 2.05) is 12.1 Å². The fourth-order valence-corrected chi connectivity index (χ4v) is 3.41. The van der Waals surface area contributed by atoms with Crippen molar-refractivity contribution < 1.29 is 19.1 Å². The molecule has 0 spiro atoms. The molecule has 0 radical (unpaired) electrons. The van der Waals surface area contributed by atoms with E-state index in [1.165, 1.54) is 14.2 Å². The first-order valence-corrected chi connectivity index (χ1v) is 8.98. The SMILES string of the molecule is COC(=O)c1cc(Br)cc(CNCc2cc(Br)cc(C(=O)OC)c2)c1. The van der Waals surface area contributed by atoms with E-state index >= 15 is 0 Å². The van der Waals surface area contributed by atoms with E-state index in [-0.39, 0.29) is 11.9 Å². The van der Waals surface area contributed by atoms with Crippen LogP contribution in [0.2, 0.25) is 0 Å². The zero-order valence-electron chi connectivity index (χ0n) is 13.8. The Morgan fingerprint density at radius 2 is 1.20 bits per heavy atom. The van der Waals surface area contributed by atoms with Gasteiger partial charge >= 0.3 is 11.9 Å². The van der Waals surface area contributed by atoms with Crippen LogP contribution in [-0.4, -0.2) is 26.2 Å². The molecule has 0 aromatic heterocycles. The Bertz CT molecular complexity index is 727. The predicted octanol–water partition coefficient (Wildman–Crippen LogP) is 4.07. The number of hydrogen-bond acceptors (Lipinski definition) is 5. The van der Waals surface area contributed by atoms with Crippen molar-refractivity contribution in [2.45, 2.75) is 13.1 Å². The van der Waals surface area contributed by atoms with Crippen molar-refractivity contribution in [2.75, 3.05) is 14.2 Å². The second kappa shape index (κ2) is 9.12. The van der Waals surface area contributed by atoms with Gasteiger partial charge in [0.15, 0.2) is 0 Å². The molecule has 0 bridgehead atoms. The predicted molar refractivity (Wildman–Crippen MR) is 102 cm³/mol. The molecule has 2 aromatic rings. The highest BCUT2D eigenvalue weighted by Gasteiger charge is 2.10. The summed E-state index contributed by atoms with van der Waals surface area (Å²) < 4.78 is 11.1. The van der Waals surface area contributed by atoms with Gasteiger partial charge in [0.05, 0.1) is 25.3 Å². The summed E-state index contributed by atoms with van der Waals surface area (Å²) in [6, 6.07) is 10.9. The summed E-state index contributed by atoms with van der Waals surface area (Å²) in [6.45, 7) is 1.12. The number of nitrogens with one attached hydrogen (secondary N) is 1. The van der Waals surface area contributed by atoms with Crippen molar-refractivity contribution >= 4 is 43.8 Å². The molecule has 132 valence electrons. The minimum Gasteiger partial charge on any atom is -0.465 e. The minimum atomic E-state index is -0.378. The third-order valence-electron chi connectivity index (χ3n) is 3.42. The second-order valence-corrected chi connectivity index (χ2v) is 7.11. The first kappa shape index (κ1) is 19.6. The number of methoxy groups -OCH3 is 2. The van der Waals surface area contributed by atoms with Crippen molar-refractivity contribution in [2.24, 2.45) is 0 Å². The molecule has 0 amide bonds. The van der Waals surface area contributed by atoms with Crippen molar-refractivity contribution in [3.63, 3.8) is 0 Å². The highest BCUT2D eigenvalue weighted by molar-refractivity contribution is 9.10. The number of rotatable bonds is 6. The molecule has 0 atom stereocenters. The van der Waals surface area contributed by atoms with Crippen LogP contribution in [0.3, 0.4) is 0 Å². The van der Waals surface area contributed by atoms with Crippen LogP contribution < -0.4 is 5.32 Å². The molecule has 25 heavy (non-hydrogen) atoms. The standard InChI is InChI=1S/C18H17Br2NO4/c1-24-17(22)13-3-11(5-15(19)7-13)9-21-10-12-4-14(18(23)25-2)8-16(20)6-12/h3-8,21H,9-10H2,1-2H3. The van der Waals surface area contributed by atoms with E-state index in [2.05, 4.69) is 37.2 Å². The van der Waals surface area contributed by atoms with Crippen molar-refractivity contribution in [1.82, 2.24) is 5.32 Å². The smallest absolute Gasteiger partial charge is 0.337 e. The van der Waals surface area contributed by atoms with Gasteiger partial charge in [-0.05, 0) is 47.5 Å². The van der Waals surface area contributed by atoms with Crippen LogP contribution >= 0.6 is 31.9 Å². The molecule has 7 heteroatoms. The van der Waals surface area contributed by atoms with Crippen LogP contribution in [0.5, 0.6) is 0 Å². The highest BCUT2D eigenvalue weighted by atomic mass is 79.9. The molecule has 2 rings (SSSR count). The minimum absolute atomic E-state index is 0.378. The second-order valence-electron chi connectivity index (χ2n) is 5.28. The molecular weight excluding hydrogens is 454 g/mol. The van der Waals surface area contributed by atoms with E-state index in [0.29, 0.717) is 24.2 Å². The summed E-state index contributed by atoms with van der Waals surface area (Å²) in [6.07, 6.45) is 0. The molecule has 0 aliphatic rings. The Hall–Kier alpha value is -1.70. The number of esters is 2. The van der Waals surface area contributed by atoms with Crippen LogP contribution in [0.1, 0.15) is 31.8 Å². The number of halogens is 2. The summed E-state index contributed by atoms with van der Waals surface area (Å²) in [5.74, 6) is -0.755. The zero-order chi connectivity index (χ0) is 18.4. The maximum atomic E-state index is 11.7. The number of carbonyl (C=O) groups excluding carboxylic acids is 2. The molecule has 0 saturated carbocycles. The van der Waals surface area contributed by atoms with Gasteiger partial charge in [0.1, 0.15) is 0 Å². The quantitative estimate of drug-likeness (QED) is 0.644. The Balaban J connectivity index is 2.06. The normalized spacial score (nSPS) is 10.4. The van der Waals surface area contributed by atoms with Gasteiger partial charge in [-0.15, -0.1) is 0 Å². The number of ether oxygens (including phenoxy) is 2. The van der Waals surface area contributed by atoms with Gasteiger partial charge in [-0.1, -0.05) is 31.9 Å². The summed E-state index contributed by atoms with van der Waals surface area (Å²) in [5.41, 5.74) is 2.86. The maximum Gasteiger partial charge on any atom is 0.337 e. The lowest BCUT2D eigenvalue weighted by atomic mass is 10.1. The van der Waals surface area contributed by atoms with Gasteiger partial charge in [-0.25, -0.2) is 9.59 Å². The van der Waals surface area contributed by atoms with Gasteiger partial charge in [0.25, 0.3) is 0 Å². The van der Waals surface area contributed by atoms with Gasteiger partial charge in [0.2, 0.25) is 0 Å². The fraction of sp³-hybridized carbons (Fsp3) is 0.222. The Kier molecular flexibility index (Phi) is 7.16. The zero-order valence-corrected chi connectivity index (χ0v) is 16.9. The molecule has 5 nitrogen and oxygen atoms in total. The lowest BCUT2D eigenvalue weighted by Crippen LogP contribution is -2.14. The lowest BCUT2D eigenvalue weighted by molar-refractivity contribution is 0.0591. The molecule has 0 aliphatic carbocycles. The summed E-state index contributed by atoms with van der Waals surface area (Å²) >= 11 is 6.79. The van der Waals surface area contributed by atoms with Crippen LogP contribution in [0.25, 0.3) is 0 Å². The topological polar surface area (TPSA) is 64.6 Å². The highest BCUT2D eigenvalue weighted by Crippen LogP contribution is 2.18. The Morgan fingerprint density at radius 3 is 1.56 bits per heavy atom. The van der Waals surface area contributed by atoms with Crippen LogP contribution in [0, 0.1) is 0 Å². The van der Waals surface area contributed by atoms with Crippen LogP contribution in [-0.2, 0) is 22.6 Å². The van der Waals surface area contributed by atoms with Crippen molar-refractivity contribution in [1.29, 1.82) is 0 Å². The first-order valence-electron chi connectivity index (χ1n) is 7.39. The third kappa shape index (κ3) is 5.66. The Morgan fingerprint density at radius 1 is 0.800 bits per heavy atom. The number of hydrogen-bond donors (Lipinski definition) is 1. The van der Waals surface area contributed by atoms with E-state index in [4.69, 9.17) is 9.47 Å². The summed E-state index contributed by atoms with van der Waals surface area (Å²) in [7, 11) is 2.71. The van der Waals surface area contributed by atoms with Gasteiger partial charge in [0, 0.05) is 22.0 Å². The first-order chi connectivity index (χ1) is 11.9. The van der Waals surface area contributed by atoms with E-state index in [1.54, 1.807) is 24.3 Å². The van der Waals surface area contributed by atoms with E-state index in [9.17, 15) is 9.59 Å².